The summed E-state index contributed by atoms with van der Waals surface area (Å²) in [4.78, 5) is 22.9. The van der Waals surface area contributed by atoms with Crippen molar-refractivity contribution in [2.45, 2.75) is 20.3 Å². The molecule has 0 aromatic heterocycles. The smallest absolute Gasteiger partial charge is 0.308 e. The molecule has 0 heterocycles. The van der Waals surface area contributed by atoms with Gasteiger partial charge >= 0.3 is 5.97 Å². The van der Waals surface area contributed by atoms with Crippen LogP contribution in [0.3, 0.4) is 0 Å². The summed E-state index contributed by atoms with van der Waals surface area (Å²) in [7, 11) is 0. The first-order valence-electron chi connectivity index (χ1n) is 6.16. The van der Waals surface area contributed by atoms with E-state index in [0.717, 1.165) is 0 Å². The third kappa shape index (κ3) is 5.30. The number of halogens is 1. The average Bonchev–Trinajstić information content (AvgIpc) is 2.33. The maximum absolute atomic E-state index is 11.8. The highest BCUT2D eigenvalue weighted by Crippen LogP contribution is 2.13. The molecule has 0 saturated heterocycles. The second-order valence-electron chi connectivity index (χ2n) is 4.89. The van der Waals surface area contributed by atoms with E-state index in [1.807, 2.05) is 13.8 Å². The standard InChI is InChI=1S/C14H18ClNO3/c1-9(2)6-11(14(18)19)8-16-13(17)10-4-3-5-12(15)7-10/h3-5,7,9,11H,6,8H2,1-2H3,(H,16,17)(H,18,19). The van der Waals surface area contributed by atoms with E-state index in [4.69, 9.17) is 16.7 Å². The highest BCUT2D eigenvalue weighted by molar-refractivity contribution is 6.30. The molecule has 0 bridgehead atoms. The molecule has 0 fully saturated rings. The predicted octanol–water partition coefficient (Wildman–Crippen LogP) is 2.82. The third-order valence-electron chi connectivity index (χ3n) is 2.70. The number of carboxylic acids is 1. The number of benzene rings is 1. The van der Waals surface area contributed by atoms with Crippen LogP contribution >= 0.6 is 11.6 Å². The molecule has 0 spiro atoms. The molecule has 19 heavy (non-hydrogen) atoms. The Kier molecular flexibility index (Phi) is 5.83. The van der Waals surface area contributed by atoms with E-state index in [0.29, 0.717) is 17.0 Å². The molecule has 2 N–H and O–H groups in total. The van der Waals surface area contributed by atoms with Crippen molar-refractivity contribution in [3.8, 4) is 0 Å². The van der Waals surface area contributed by atoms with Gasteiger partial charge in [0.1, 0.15) is 0 Å². The first kappa shape index (κ1) is 15.5. The van der Waals surface area contributed by atoms with Crippen LogP contribution in [0.2, 0.25) is 5.02 Å². The Balaban J connectivity index is 2.59. The summed E-state index contributed by atoms with van der Waals surface area (Å²) < 4.78 is 0. The molecule has 5 heteroatoms. The fourth-order valence-electron chi connectivity index (χ4n) is 1.79. The predicted molar refractivity (Wildman–Crippen MR) is 74.4 cm³/mol. The summed E-state index contributed by atoms with van der Waals surface area (Å²) in [6.45, 7) is 4.03. The second kappa shape index (κ2) is 7.14. The zero-order chi connectivity index (χ0) is 14.4. The molecule has 1 aromatic carbocycles. The Morgan fingerprint density at radius 2 is 2.05 bits per heavy atom. The Hall–Kier alpha value is -1.55. The van der Waals surface area contributed by atoms with Crippen molar-refractivity contribution in [3.05, 3.63) is 34.9 Å². The Morgan fingerprint density at radius 3 is 2.58 bits per heavy atom. The van der Waals surface area contributed by atoms with Gasteiger partial charge in [0.25, 0.3) is 5.91 Å². The molecule has 1 aromatic rings. The van der Waals surface area contributed by atoms with E-state index < -0.39 is 11.9 Å². The van der Waals surface area contributed by atoms with Crippen LogP contribution in [0.4, 0.5) is 0 Å². The number of rotatable bonds is 6. The largest absolute Gasteiger partial charge is 0.481 e. The first-order valence-corrected chi connectivity index (χ1v) is 6.54. The van der Waals surface area contributed by atoms with Gasteiger partial charge in [-0.15, -0.1) is 0 Å². The number of aliphatic carboxylic acids is 1. The minimum absolute atomic E-state index is 0.124. The zero-order valence-electron chi connectivity index (χ0n) is 11.0. The summed E-state index contributed by atoms with van der Waals surface area (Å²) >= 11 is 5.80. The Bertz CT molecular complexity index is 460. The summed E-state index contributed by atoms with van der Waals surface area (Å²) in [6, 6.07) is 6.55. The molecule has 0 saturated carbocycles. The molecule has 104 valence electrons. The number of carbonyl (C=O) groups is 2. The fraction of sp³-hybridized carbons (Fsp3) is 0.429. The lowest BCUT2D eigenvalue weighted by molar-refractivity contribution is -0.142. The number of hydrogen-bond donors (Lipinski definition) is 2. The SMILES string of the molecule is CC(C)CC(CNC(=O)c1cccc(Cl)c1)C(=O)O. The molecule has 0 aliphatic heterocycles. The summed E-state index contributed by atoms with van der Waals surface area (Å²) in [6.07, 6.45) is 0.533. The van der Waals surface area contributed by atoms with Crippen molar-refractivity contribution in [1.29, 1.82) is 0 Å². The molecule has 0 aliphatic rings. The van der Waals surface area contributed by atoms with E-state index in [1.54, 1.807) is 24.3 Å². The Labute approximate surface area is 117 Å². The topological polar surface area (TPSA) is 66.4 Å². The quantitative estimate of drug-likeness (QED) is 0.844. The maximum Gasteiger partial charge on any atom is 0.308 e. The first-order chi connectivity index (χ1) is 8.90. The number of nitrogens with one attached hydrogen (secondary N) is 1. The second-order valence-corrected chi connectivity index (χ2v) is 5.32. The van der Waals surface area contributed by atoms with Crippen LogP contribution in [0.5, 0.6) is 0 Å². The molecule has 4 nitrogen and oxygen atoms in total. The van der Waals surface area contributed by atoms with Crippen LogP contribution in [-0.2, 0) is 4.79 Å². The number of hydrogen-bond acceptors (Lipinski definition) is 2. The molecule has 1 atom stereocenters. The van der Waals surface area contributed by atoms with Crippen molar-refractivity contribution in [2.75, 3.05) is 6.54 Å². The summed E-state index contributed by atoms with van der Waals surface area (Å²) in [5.41, 5.74) is 0.432. The van der Waals surface area contributed by atoms with Gasteiger partial charge in [0.05, 0.1) is 5.92 Å². The lowest BCUT2D eigenvalue weighted by Crippen LogP contribution is -2.33. The highest BCUT2D eigenvalue weighted by atomic mass is 35.5. The van der Waals surface area contributed by atoms with Crippen molar-refractivity contribution in [2.24, 2.45) is 11.8 Å². The zero-order valence-corrected chi connectivity index (χ0v) is 11.8. The molecule has 1 amide bonds. The highest BCUT2D eigenvalue weighted by Gasteiger charge is 2.19. The van der Waals surface area contributed by atoms with Crippen LogP contribution in [0.15, 0.2) is 24.3 Å². The molecular formula is C14H18ClNO3. The Morgan fingerprint density at radius 1 is 1.37 bits per heavy atom. The lowest BCUT2D eigenvalue weighted by Gasteiger charge is -2.15. The molecular weight excluding hydrogens is 266 g/mol. The monoisotopic (exact) mass is 283 g/mol. The van der Waals surface area contributed by atoms with Crippen LogP contribution in [0.1, 0.15) is 30.6 Å². The molecule has 0 radical (unpaired) electrons. The van der Waals surface area contributed by atoms with E-state index in [9.17, 15) is 9.59 Å². The van der Waals surface area contributed by atoms with Gasteiger partial charge in [-0.1, -0.05) is 31.5 Å². The summed E-state index contributed by atoms with van der Waals surface area (Å²) in [5.74, 6) is -1.50. The lowest BCUT2D eigenvalue weighted by atomic mass is 9.97. The van der Waals surface area contributed by atoms with Crippen LogP contribution in [0, 0.1) is 11.8 Å². The van der Waals surface area contributed by atoms with E-state index in [-0.39, 0.29) is 18.4 Å². The van der Waals surface area contributed by atoms with Gasteiger partial charge in [0.2, 0.25) is 0 Å². The minimum Gasteiger partial charge on any atom is -0.481 e. The van der Waals surface area contributed by atoms with Gasteiger partial charge in [-0.3, -0.25) is 9.59 Å². The molecule has 1 rings (SSSR count). The van der Waals surface area contributed by atoms with Crippen molar-refractivity contribution in [3.63, 3.8) is 0 Å². The van der Waals surface area contributed by atoms with E-state index >= 15 is 0 Å². The van der Waals surface area contributed by atoms with Gasteiger partial charge < -0.3 is 10.4 Å². The number of carboxylic acid groups (broad SMARTS) is 1. The van der Waals surface area contributed by atoms with E-state index in [1.165, 1.54) is 0 Å². The number of carbonyl (C=O) groups excluding carboxylic acids is 1. The van der Waals surface area contributed by atoms with Crippen LogP contribution in [-0.4, -0.2) is 23.5 Å². The van der Waals surface area contributed by atoms with Crippen LogP contribution < -0.4 is 5.32 Å². The minimum atomic E-state index is -0.889. The van der Waals surface area contributed by atoms with Gasteiger partial charge in [0, 0.05) is 17.1 Å². The van der Waals surface area contributed by atoms with Gasteiger partial charge in [-0.2, -0.15) is 0 Å². The molecule has 0 aliphatic carbocycles. The fourth-order valence-corrected chi connectivity index (χ4v) is 1.98. The van der Waals surface area contributed by atoms with Gasteiger partial charge in [0.15, 0.2) is 0 Å². The van der Waals surface area contributed by atoms with E-state index in [2.05, 4.69) is 5.32 Å². The summed E-state index contributed by atoms with van der Waals surface area (Å²) in [5, 5.41) is 12.2. The van der Waals surface area contributed by atoms with Crippen LogP contribution in [0.25, 0.3) is 0 Å². The van der Waals surface area contributed by atoms with Crippen molar-refractivity contribution >= 4 is 23.5 Å². The molecule has 1 unspecified atom stereocenters. The van der Waals surface area contributed by atoms with Gasteiger partial charge in [-0.25, -0.2) is 0 Å². The van der Waals surface area contributed by atoms with Gasteiger partial charge in [-0.05, 0) is 30.5 Å². The number of amides is 1. The normalized spacial score (nSPS) is 12.2. The maximum atomic E-state index is 11.8. The third-order valence-corrected chi connectivity index (χ3v) is 2.94. The van der Waals surface area contributed by atoms with Crippen molar-refractivity contribution in [1.82, 2.24) is 5.32 Å². The average molecular weight is 284 g/mol. The van der Waals surface area contributed by atoms with Crippen molar-refractivity contribution < 1.29 is 14.7 Å².